The largest absolute Gasteiger partial charge is 0.396 e. The number of thioether (sulfide) groups is 1. The van der Waals surface area contributed by atoms with Crippen LogP contribution in [-0.2, 0) is 39.4 Å². The molecule has 0 radical (unpaired) electrons. The summed E-state index contributed by atoms with van der Waals surface area (Å²) in [6, 6.07) is 21.2. The Bertz CT molecular complexity index is 4280. The van der Waals surface area contributed by atoms with E-state index in [0.717, 1.165) is 84.7 Å². The molecule has 0 spiro atoms. The number of thiazole rings is 2. The lowest BCUT2D eigenvalue weighted by molar-refractivity contribution is -0.126. The van der Waals surface area contributed by atoms with Crippen LogP contribution >= 0.6 is 34.4 Å². The first-order valence-corrected chi connectivity index (χ1v) is 36.2. The monoisotopic (exact) mass is 1390 g/mol. The Hall–Kier alpha value is -8.70. The van der Waals surface area contributed by atoms with E-state index in [2.05, 4.69) is 46.2 Å². The third-order valence-corrected chi connectivity index (χ3v) is 19.7. The number of ketones is 2. The van der Waals surface area contributed by atoms with Crippen molar-refractivity contribution in [2.45, 2.75) is 101 Å². The zero-order valence-electron chi connectivity index (χ0n) is 53.0. The molecule has 2 aliphatic heterocycles. The number of Topliss-reactive ketones (excluding diaryl/α,β-unsaturated/α-hetero) is 2. The summed E-state index contributed by atoms with van der Waals surface area (Å²) in [6.07, 6.45) is 6.90. The summed E-state index contributed by atoms with van der Waals surface area (Å²) in [4.78, 5) is 87.0. The lowest BCUT2D eigenvalue weighted by Gasteiger charge is -2.28. The summed E-state index contributed by atoms with van der Waals surface area (Å²) < 4.78 is 67.0. The second kappa shape index (κ2) is 32.2. The number of hydrogen-bond donors (Lipinski definition) is 7. The molecule has 7 N–H and O–H groups in total. The van der Waals surface area contributed by atoms with Gasteiger partial charge in [0.05, 0.1) is 43.1 Å². The number of aliphatic hydroxyl groups excluding tert-OH is 1. The molecule has 9 rings (SSSR count). The lowest BCUT2D eigenvalue weighted by Crippen LogP contribution is -2.32. The second-order valence-electron chi connectivity index (χ2n) is 21.8. The van der Waals surface area contributed by atoms with E-state index >= 15 is 0 Å². The topological polar surface area (TPSA) is 372 Å². The van der Waals surface area contributed by atoms with Crippen molar-refractivity contribution in [2.75, 3.05) is 106 Å². The van der Waals surface area contributed by atoms with Crippen LogP contribution < -0.4 is 40.9 Å². The van der Waals surface area contributed by atoms with E-state index in [-0.39, 0.29) is 56.6 Å². The van der Waals surface area contributed by atoms with Crippen molar-refractivity contribution in [3.63, 3.8) is 0 Å². The highest BCUT2D eigenvalue weighted by Gasteiger charge is 2.34. The highest BCUT2D eigenvalue weighted by molar-refractivity contribution is 7.99. The molecule has 4 aromatic carbocycles. The van der Waals surface area contributed by atoms with Crippen LogP contribution in [0.15, 0.2) is 126 Å². The molecule has 2 fully saturated rings. The molecule has 0 saturated carbocycles. The second-order valence-corrected chi connectivity index (χ2v) is 27.7. The molecule has 502 valence electrons. The Balaban J connectivity index is 1.06. The summed E-state index contributed by atoms with van der Waals surface area (Å²) in [7, 11) is -9.19. The van der Waals surface area contributed by atoms with E-state index in [1.165, 1.54) is 68.1 Å². The SMILES string of the molecule is CCN(CC)c1ccc(/N=N/c2nc(N3CCCCC3)c(/C=C(\C(C)=O)C(=O)Nc3cccc(S(=O)(=O)O)c3)s2)c(Nc2nc(Nc3cc(N(CC)CC)ccc3/N=N/c3nc(N4CCCCC4)c(C(C(C)=O)C(=O)Nc4cccc(S(=O)(=O)O)c4)s3)nc(SCCO)n2)c1. The predicted molar refractivity (Wildman–Crippen MR) is 371 cm³/mol. The van der Waals surface area contributed by atoms with Crippen molar-refractivity contribution in [1.82, 2.24) is 24.9 Å². The van der Waals surface area contributed by atoms with Gasteiger partial charge in [0.2, 0.25) is 28.1 Å². The predicted octanol–water partition coefficient (Wildman–Crippen LogP) is 12.3. The first-order valence-electron chi connectivity index (χ1n) is 30.7. The van der Waals surface area contributed by atoms with Crippen LogP contribution in [0.3, 0.4) is 0 Å². The van der Waals surface area contributed by atoms with Crippen molar-refractivity contribution in [2.24, 2.45) is 20.5 Å². The average molecular weight is 1390 g/mol. The van der Waals surface area contributed by atoms with Gasteiger partial charge in [-0.2, -0.15) is 41.8 Å². The normalized spacial score (nSPS) is 14.3. The van der Waals surface area contributed by atoms with E-state index in [9.17, 15) is 50.2 Å². The highest BCUT2D eigenvalue weighted by atomic mass is 32.2. The Kier molecular flexibility index (Phi) is 23.9. The molecule has 33 heteroatoms. The van der Waals surface area contributed by atoms with Gasteiger partial charge in [-0.1, -0.05) is 46.6 Å². The van der Waals surface area contributed by atoms with Crippen LogP contribution in [0, 0.1) is 0 Å². The van der Waals surface area contributed by atoms with Gasteiger partial charge in [0.25, 0.3) is 26.1 Å². The Morgan fingerprint density at radius 2 is 1.11 bits per heavy atom. The van der Waals surface area contributed by atoms with Gasteiger partial charge in [-0.3, -0.25) is 28.3 Å². The smallest absolute Gasteiger partial charge is 0.294 e. The van der Waals surface area contributed by atoms with Crippen molar-refractivity contribution >= 4 is 163 Å². The first-order chi connectivity index (χ1) is 45.5. The molecule has 0 bridgehead atoms. The van der Waals surface area contributed by atoms with Crippen molar-refractivity contribution in [3.05, 3.63) is 100 Å². The lowest BCUT2D eigenvalue weighted by atomic mass is 10.0. The Labute approximate surface area is 562 Å². The molecule has 0 aliphatic carbocycles. The van der Waals surface area contributed by atoms with Crippen LogP contribution in [0.2, 0.25) is 0 Å². The standard InChI is InChI=1S/C62H73N17O11S5/c1-7-76(8-2)42-23-25-47(72-74-61-67-54(78-27-13-11-14-28-78)51(92-61)37-46(38(5)81)56(83)63-40-19-17-21-44(33-40)94(85,86)87)49(35-42)65-58-69-59(71-60(70-58)91-32-31-80)66-50-36-43(77(9-3)10-4)24-26-48(50)73-75-62-68-55(79-29-15-12-16-30-79)53(93-62)52(39(6)82)57(84)64-41-20-18-22-45(34-41)95(88,89)90/h17-26,33-37,52,80H,7-16,27-32H2,1-6H3,(H,63,83)(H,64,84)(H,85,86,87)(H,88,89,90)(H2,65,66,69,70,71)/b46-37+,74-72+,75-73+. The number of hydrogen-bond acceptors (Lipinski definition) is 27. The molecule has 2 saturated heterocycles. The zero-order chi connectivity index (χ0) is 68.0. The fraction of sp³-hybridized carbons (Fsp3) is 0.371. The number of carbonyl (C=O) groups is 4. The van der Waals surface area contributed by atoms with Crippen LogP contribution in [0.4, 0.5) is 79.3 Å². The van der Waals surface area contributed by atoms with Gasteiger partial charge < -0.3 is 46.0 Å². The first kappa shape index (κ1) is 70.6. The van der Waals surface area contributed by atoms with Gasteiger partial charge in [0.1, 0.15) is 34.7 Å². The number of nitrogens with zero attached hydrogens (tertiary/aromatic N) is 13. The molecule has 28 nitrogen and oxygen atoms in total. The molecule has 3 aromatic heterocycles. The fourth-order valence-corrected chi connectivity index (χ4v) is 14.1. The van der Waals surface area contributed by atoms with Crippen molar-refractivity contribution in [3.8, 4) is 0 Å². The minimum Gasteiger partial charge on any atom is -0.396 e. The van der Waals surface area contributed by atoms with Crippen LogP contribution in [0.25, 0.3) is 6.08 Å². The van der Waals surface area contributed by atoms with E-state index in [4.69, 9.17) is 35.1 Å². The molecule has 5 heterocycles. The van der Waals surface area contributed by atoms with E-state index < -0.39 is 59.3 Å². The van der Waals surface area contributed by atoms with Crippen molar-refractivity contribution < 1.29 is 50.2 Å². The van der Waals surface area contributed by atoms with Crippen molar-refractivity contribution in [1.29, 1.82) is 0 Å². The van der Waals surface area contributed by atoms with Gasteiger partial charge in [-0.25, -0.2) is 0 Å². The fourth-order valence-electron chi connectivity index (χ4n) is 10.6. The molecule has 95 heavy (non-hydrogen) atoms. The van der Waals surface area contributed by atoms with Gasteiger partial charge in [-0.15, -0.1) is 20.5 Å². The molecule has 2 aliphatic rings. The molecular weight excluding hydrogens is 1320 g/mol. The third-order valence-electron chi connectivity index (χ3n) is 15.3. The summed E-state index contributed by atoms with van der Waals surface area (Å²) in [6.45, 7) is 15.7. The number of nitrogens with one attached hydrogen (secondary N) is 4. The van der Waals surface area contributed by atoms with Gasteiger partial charge in [0, 0.05) is 80.9 Å². The van der Waals surface area contributed by atoms with Crippen LogP contribution in [-0.4, -0.2) is 144 Å². The highest BCUT2D eigenvalue weighted by Crippen LogP contribution is 2.43. The van der Waals surface area contributed by atoms with Crippen LogP contribution in [0.1, 0.15) is 95.7 Å². The summed E-state index contributed by atoms with van der Waals surface area (Å²) in [5.74, 6) is -2.69. The maximum atomic E-state index is 14.1. The number of piperidine rings is 2. The molecule has 2 amide bonds. The number of aliphatic hydroxyl groups is 1. The average Bonchev–Trinajstić information content (AvgIpc) is 1.65. The van der Waals surface area contributed by atoms with E-state index in [1.807, 2.05) is 56.9 Å². The van der Waals surface area contributed by atoms with E-state index in [1.54, 1.807) is 12.1 Å². The number of carbonyl (C=O) groups excluding carboxylic acids is 4. The molecule has 1 unspecified atom stereocenters. The molecule has 7 aromatic rings. The minimum absolute atomic E-state index is 0.0392. The number of anilines is 10. The third kappa shape index (κ3) is 18.4. The van der Waals surface area contributed by atoms with Gasteiger partial charge in [0.15, 0.2) is 10.9 Å². The summed E-state index contributed by atoms with van der Waals surface area (Å²) in [5, 5.41) is 41.2. The maximum absolute atomic E-state index is 14.1. The molecule has 1 atom stereocenters. The Morgan fingerprint density at radius 1 is 0.621 bits per heavy atom. The van der Waals surface area contributed by atoms with Gasteiger partial charge in [-0.05, 0) is 159 Å². The number of aromatic nitrogens is 5. The van der Waals surface area contributed by atoms with E-state index in [0.29, 0.717) is 96.5 Å². The number of amides is 2. The number of rotatable bonds is 29. The number of azo groups is 2. The maximum Gasteiger partial charge on any atom is 0.294 e. The summed E-state index contributed by atoms with van der Waals surface area (Å²) >= 11 is 3.32. The number of benzene rings is 4. The van der Waals surface area contributed by atoms with Gasteiger partial charge >= 0.3 is 0 Å². The Morgan fingerprint density at radius 3 is 1.58 bits per heavy atom. The minimum atomic E-state index is -4.60. The summed E-state index contributed by atoms with van der Waals surface area (Å²) in [5.41, 5.74) is 3.08. The zero-order valence-corrected chi connectivity index (χ0v) is 57.1. The quantitative estimate of drug-likeness (QED) is 0.00572. The van der Waals surface area contributed by atoms with Crippen LogP contribution in [0.5, 0.6) is 0 Å². The molecular formula is C62H73N17O11S5.